The molecule has 0 aromatic heterocycles. The van der Waals surface area contributed by atoms with Crippen LogP contribution in [0.5, 0.6) is 0 Å². The molecule has 0 spiro atoms. The highest BCUT2D eigenvalue weighted by atomic mass is 79.9. The van der Waals surface area contributed by atoms with Gasteiger partial charge in [-0.3, -0.25) is 9.59 Å². The molecule has 3 rings (SSSR count). The van der Waals surface area contributed by atoms with Gasteiger partial charge in [-0.1, -0.05) is 28.1 Å². The smallest absolute Gasteiger partial charge is 0.330 e. The van der Waals surface area contributed by atoms with Gasteiger partial charge in [0.15, 0.2) is 0 Å². The van der Waals surface area contributed by atoms with Gasteiger partial charge in [-0.15, -0.1) is 5.06 Å². The quantitative estimate of drug-likeness (QED) is 0.445. The van der Waals surface area contributed by atoms with E-state index in [2.05, 4.69) is 15.9 Å². The lowest BCUT2D eigenvalue weighted by Crippen LogP contribution is -2.35. The molecule has 0 aromatic rings. The number of allylic oxidation sites excluding steroid dienone is 2. The van der Waals surface area contributed by atoms with Crippen LogP contribution >= 0.6 is 15.9 Å². The summed E-state index contributed by atoms with van der Waals surface area (Å²) in [6.07, 6.45) is 5.70. The minimum absolute atomic E-state index is 0.137. The first kappa shape index (κ1) is 12.8. The lowest BCUT2D eigenvalue weighted by molar-refractivity contribution is -0.199. The van der Waals surface area contributed by atoms with Crippen molar-refractivity contribution in [3.05, 3.63) is 12.2 Å². The highest BCUT2D eigenvalue weighted by Crippen LogP contribution is 2.52. The Kier molecular flexibility index (Phi) is 3.20. The zero-order chi connectivity index (χ0) is 13.6. The lowest BCUT2D eigenvalue weighted by atomic mass is 9.85. The number of amides is 2. The topological polar surface area (TPSA) is 63.7 Å². The maximum atomic E-state index is 12.2. The molecule has 1 saturated heterocycles. The van der Waals surface area contributed by atoms with Crippen LogP contribution in [0.3, 0.4) is 0 Å². The highest BCUT2D eigenvalue weighted by Gasteiger charge is 2.60. The standard InChI is InChI=1S/C13H14BrNO4/c14-5-1-2-9(16)19-15-12(17)10-7-3-4-8(6-7)11(10)13(15)18/h3-4,7-8,10-11H,1-2,5-6H2. The van der Waals surface area contributed by atoms with Crippen LogP contribution < -0.4 is 0 Å². The van der Waals surface area contributed by atoms with Crippen molar-refractivity contribution < 1.29 is 19.2 Å². The van der Waals surface area contributed by atoms with E-state index in [1.807, 2.05) is 12.2 Å². The SMILES string of the molecule is O=C(CCCBr)ON1C(=O)C2C3C=CC(C3)C2C1=O. The first-order chi connectivity index (χ1) is 9.13. The van der Waals surface area contributed by atoms with Crippen molar-refractivity contribution in [1.29, 1.82) is 0 Å². The largest absolute Gasteiger partial charge is 0.333 e. The number of halogens is 1. The molecule has 3 aliphatic rings. The number of imide groups is 1. The second kappa shape index (κ2) is 4.74. The fourth-order valence-electron chi connectivity index (χ4n) is 3.32. The molecular formula is C13H14BrNO4. The molecule has 5 nitrogen and oxygen atoms in total. The molecule has 4 unspecified atom stereocenters. The van der Waals surface area contributed by atoms with Crippen molar-refractivity contribution in [3.8, 4) is 0 Å². The molecule has 0 aromatic carbocycles. The summed E-state index contributed by atoms with van der Waals surface area (Å²) in [4.78, 5) is 40.9. The number of hydrogen-bond acceptors (Lipinski definition) is 4. The van der Waals surface area contributed by atoms with Gasteiger partial charge in [-0.25, -0.2) is 4.79 Å². The summed E-state index contributed by atoms with van der Waals surface area (Å²) in [5, 5.41) is 1.39. The van der Waals surface area contributed by atoms with Gasteiger partial charge in [0.05, 0.1) is 11.8 Å². The fourth-order valence-corrected chi connectivity index (χ4v) is 3.60. The summed E-state index contributed by atoms with van der Waals surface area (Å²) < 4.78 is 0. The van der Waals surface area contributed by atoms with Crippen LogP contribution in [-0.2, 0) is 19.2 Å². The second-order valence-corrected chi connectivity index (χ2v) is 6.02. The van der Waals surface area contributed by atoms with E-state index in [9.17, 15) is 14.4 Å². The van der Waals surface area contributed by atoms with Crippen LogP contribution in [0.25, 0.3) is 0 Å². The van der Waals surface area contributed by atoms with Gasteiger partial charge in [-0.2, -0.15) is 0 Å². The van der Waals surface area contributed by atoms with E-state index >= 15 is 0 Å². The second-order valence-electron chi connectivity index (χ2n) is 5.23. The third kappa shape index (κ3) is 1.93. The Balaban J connectivity index is 1.70. The third-order valence-corrected chi connectivity index (χ3v) is 4.70. The number of fused-ring (bicyclic) bond motifs is 5. The third-order valence-electron chi connectivity index (χ3n) is 4.14. The van der Waals surface area contributed by atoms with E-state index in [0.717, 1.165) is 6.42 Å². The monoisotopic (exact) mass is 327 g/mol. The zero-order valence-corrected chi connectivity index (χ0v) is 11.8. The minimum Gasteiger partial charge on any atom is -0.330 e. The molecule has 0 N–H and O–H groups in total. The molecule has 2 fully saturated rings. The van der Waals surface area contributed by atoms with E-state index in [1.165, 1.54) is 0 Å². The van der Waals surface area contributed by atoms with E-state index in [4.69, 9.17) is 4.84 Å². The lowest BCUT2D eigenvalue weighted by Gasteiger charge is -2.15. The van der Waals surface area contributed by atoms with Crippen LogP contribution in [0.15, 0.2) is 12.2 Å². The molecule has 1 heterocycles. The molecule has 0 radical (unpaired) electrons. The van der Waals surface area contributed by atoms with Crippen molar-refractivity contribution in [2.24, 2.45) is 23.7 Å². The maximum absolute atomic E-state index is 12.2. The van der Waals surface area contributed by atoms with Crippen LogP contribution in [-0.4, -0.2) is 28.2 Å². The number of alkyl halides is 1. The minimum atomic E-state index is -0.526. The molecule has 6 heteroatoms. The first-order valence-electron chi connectivity index (χ1n) is 6.46. The summed E-state index contributed by atoms with van der Waals surface area (Å²) in [6.45, 7) is 0. The molecule has 2 bridgehead atoms. The van der Waals surface area contributed by atoms with Gasteiger partial charge in [0.1, 0.15) is 0 Å². The Labute approximate surface area is 119 Å². The Morgan fingerprint density at radius 3 is 2.37 bits per heavy atom. The van der Waals surface area contributed by atoms with E-state index < -0.39 is 5.97 Å². The normalized spacial score (nSPS) is 35.1. The Bertz CT molecular complexity index is 445. The summed E-state index contributed by atoms with van der Waals surface area (Å²) in [5.41, 5.74) is 0. The summed E-state index contributed by atoms with van der Waals surface area (Å²) >= 11 is 3.21. The fraction of sp³-hybridized carbons (Fsp3) is 0.615. The summed E-state index contributed by atoms with van der Waals surface area (Å²) in [6, 6.07) is 0. The van der Waals surface area contributed by atoms with Crippen molar-refractivity contribution in [1.82, 2.24) is 5.06 Å². The average molecular weight is 328 g/mol. The highest BCUT2D eigenvalue weighted by molar-refractivity contribution is 9.09. The number of nitrogens with zero attached hydrogens (tertiary/aromatic N) is 1. The van der Waals surface area contributed by atoms with Crippen molar-refractivity contribution >= 4 is 33.7 Å². The molecule has 19 heavy (non-hydrogen) atoms. The van der Waals surface area contributed by atoms with Crippen molar-refractivity contribution in [2.75, 3.05) is 5.33 Å². The van der Waals surface area contributed by atoms with Crippen molar-refractivity contribution in [3.63, 3.8) is 0 Å². The van der Waals surface area contributed by atoms with Gasteiger partial charge in [0.25, 0.3) is 11.8 Å². The molecule has 1 aliphatic heterocycles. The zero-order valence-electron chi connectivity index (χ0n) is 10.3. The molecule has 1 saturated carbocycles. The first-order valence-corrected chi connectivity index (χ1v) is 7.58. The van der Waals surface area contributed by atoms with E-state index in [1.54, 1.807) is 0 Å². The Hall–Kier alpha value is -1.17. The number of carbonyl (C=O) groups excluding carboxylic acids is 3. The van der Waals surface area contributed by atoms with E-state index in [0.29, 0.717) is 16.8 Å². The van der Waals surface area contributed by atoms with Gasteiger partial charge in [-0.05, 0) is 24.7 Å². The van der Waals surface area contributed by atoms with Crippen LogP contribution in [0.1, 0.15) is 19.3 Å². The predicted molar refractivity (Wildman–Crippen MR) is 68.7 cm³/mol. The van der Waals surface area contributed by atoms with Gasteiger partial charge < -0.3 is 4.84 Å². The molecule has 2 amide bonds. The van der Waals surface area contributed by atoms with Gasteiger partial charge >= 0.3 is 5.97 Å². The van der Waals surface area contributed by atoms with Gasteiger partial charge in [0, 0.05) is 11.8 Å². The van der Waals surface area contributed by atoms with Gasteiger partial charge in [0.2, 0.25) is 0 Å². The van der Waals surface area contributed by atoms with E-state index in [-0.39, 0.29) is 41.9 Å². The predicted octanol–water partition coefficient (Wildman–Crippen LogP) is 1.43. The average Bonchev–Trinajstić information content (AvgIpc) is 3.06. The molecular weight excluding hydrogens is 314 g/mol. The summed E-state index contributed by atoms with van der Waals surface area (Å²) in [5.74, 6) is -1.58. The van der Waals surface area contributed by atoms with Crippen LogP contribution in [0, 0.1) is 23.7 Å². The number of hydrogen-bond donors (Lipinski definition) is 0. The van der Waals surface area contributed by atoms with Crippen LogP contribution in [0.4, 0.5) is 0 Å². The number of rotatable bonds is 4. The molecule has 2 aliphatic carbocycles. The van der Waals surface area contributed by atoms with Crippen LogP contribution in [0.2, 0.25) is 0 Å². The van der Waals surface area contributed by atoms with Crippen molar-refractivity contribution in [2.45, 2.75) is 19.3 Å². The number of carbonyl (C=O) groups is 3. The Morgan fingerprint density at radius 1 is 1.26 bits per heavy atom. The maximum Gasteiger partial charge on any atom is 0.333 e. The number of hydroxylamine groups is 2. The summed E-state index contributed by atoms with van der Waals surface area (Å²) in [7, 11) is 0. The molecule has 4 atom stereocenters. The molecule has 102 valence electrons. The Morgan fingerprint density at radius 2 is 1.84 bits per heavy atom.